The zero-order chi connectivity index (χ0) is 11.4. The van der Waals surface area contributed by atoms with Crippen LogP contribution in [0.15, 0.2) is 16.6 Å². The molecule has 2 nitrogen and oxygen atoms in total. The fourth-order valence-electron chi connectivity index (χ4n) is 0.948. The molecular formula is C9H9BrCl2FNO. The molecule has 0 aliphatic heterocycles. The maximum absolute atomic E-state index is 13.2. The molecule has 0 bridgehead atoms. The lowest BCUT2D eigenvalue weighted by atomic mass is 10.3. The van der Waals surface area contributed by atoms with Crippen LogP contribution >= 0.6 is 39.1 Å². The molecule has 84 valence electrons. The first kappa shape index (κ1) is 13.0. The summed E-state index contributed by atoms with van der Waals surface area (Å²) in [5.41, 5.74) is 0.505. The number of aliphatic hydroxyl groups is 1. The number of aliphatic hydroxyl groups excluding tert-OH is 1. The first-order valence-corrected chi connectivity index (χ1v) is 5.87. The molecule has 2 N–H and O–H groups in total. The van der Waals surface area contributed by atoms with Gasteiger partial charge in [0, 0.05) is 12.2 Å². The molecule has 0 heterocycles. The van der Waals surface area contributed by atoms with Gasteiger partial charge in [-0.1, -0.05) is 11.6 Å². The van der Waals surface area contributed by atoms with Gasteiger partial charge in [-0.25, -0.2) is 4.39 Å². The number of benzene rings is 1. The summed E-state index contributed by atoms with van der Waals surface area (Å²) >= 11 is 14.2. The first-order valence-electron chi connectivity index (χ1n) is 4.17. The highest BCUT2D eigenvalue weighted by Crippen LogP contribution is 2.28. The Bertz CT molecular complexity index is 328. The Morgan fingerprint density at radius 1 is 1.53 bits per heavy atom. The third-order valence-corrected chi connectivity index (χ3v) is 3.39. The second kappa shape index (κ2) is 5.89. The number of nitrogens with one attached hydrogen (secondary N) is 1. The van der Waals surface area contributed by atoms with E-state index in [0.717, 1.165) is 0 Å². The van der Waals surface area contributed by atoms with E-state index in [1.165, 1.54) is 6.07 Å². The van der Waals surface area contributed by atoms with Crippen molar-refractivity contribution in [3.05, 3.63) is 27.4 Å². The minimum Gasteiger partial charge on any atom is -0.390 e. The van der Waals surface area contributed by atoms with E-state index in [1.807, 2.05) is 0 Å². The van der Waals surface area contributed by atoms with Crippen molar-refractivity contribution in [2.75, 3.05) is 17.7 Å². The Hall–Kier alpha value is -0.0300. The van der Waals surface area contributed by atoms with Gasteiger partial charge >= 0.3 is 0 Å². The predicted octanol–water partition coefficient (Wildman–Crippen LogP) is 3.25. The van der Waals surface area contributed by atoms with Crippen LogP contribution < -0.4 is 5.32 Å². The summed E-state index contributed by atoms with van der Waals surface area (Å²) in [6, 6.07) is 2.85. The fourth-order valence-corrected chi connectivity index (χ4v) is 1.49. The van der Waals surface area contributed by atoms with Crippen LogP contribution in [0, 0.1) is 5.82 Å². The summed E-state index contributed by atoms with van der Waals surface area (Å²) in [5, 5.41) is 12.3. The van der Waals surface area contributed by atoms with Crippen LogP contribution in [0.25, 0.3) is 0 Å². The highest BCUT2D eigenvalue weighted by molar-refractivity contribution is 9.10. The zero-order valence-corrected chi connectivity index (χ0v) is 10.7. The van der Waals surface area contributed by atoms with Crippen molar-refractivity contribution in [1.82, 2.24) is 0 Å². The summed E-state index contributed by atoms with van der Waals surface area (Å²) in [5.74, 6) is -0.329. The van der Waals surface area contributed by atoms with Crippen LogP contribution in [-0.2, 0) is 0 Å². The van der Waals surface area contributed by atoms with E-state index in [2.05, 4.69) is 21.2 Å². The van der Waals surface area contributed by atoms with Crippen LogP contribution in [-0.4, -0.2) is 23.6 Å². The Labute approximate surface area is 106 Å². The average molecular weight is 317 g/mol. The van der Waals surface area contributed by atoms with Crippen molar-refractivity contribution in [2.45, 2.75) is 6.10 Å². The van der Waals surface area contributed by atoms with E-state index in [4.69, 9.17) is 23.2 Å². The summed E-state index contributed by atoms with van der Waals surface area (Å²) in [6.45, 7) is 0.251. The number of rotatable bonds is 4. The van der Waals surface area contributed by atoms with Gasteiger partial charge in [0.1, 0.15) is 5.82 Å². The molecule has 1 unspecified atom stereocenters. The molecule has 0 fully saturated rings. The van der Waals surface area contributed by atoms with Crippen molar-refractivity contribution in [3.63, 3.8) is 0 Å². The number of hydrogen-bond acceptors (Lipinski definition) is 2. The second-order valence-corrected chi connectivity index (χ2v) is 4.45. The number of alkyl halides is 1. The molecule has 1 atom stereocenters. The number of halogens is 4. The van der Waals surface area contributed by atoms with Gasteiger partial charge in [-0.2, -0.15) is 0 Å². The molecule has 0 saturated carbocycles. The molecule has 0 saturated heterocycles. The van der Waals surface area contributed by atoms with E-state index in [1.54, 1.807) is 6.07 Å². The van der Waals surface area contributed by atoms with Gasteiger partial charge in [-0.05, 0) is 28.1 Å². The Morgan fingerprint density at radius 2 is 2.20 bits per heavy atom. The van der Waals surface area contributed by atoms with Gasteiger partial charge in [-0.15, -0.1) is 11.6 Å². The lowest BCUT2D eigenvalue weighted by molar-refractivity contribution is 0.211. The first-order chi connectivity index (χ1) is 7.04. The Morgan fingerprint density at radius 3 is 2.73 bits per heavy atom. The monoisotopic (exact) mass is 315 g/mol. The van der Waals surface area contributed by atoms with E-state index in [0.29, 0.717) is 5.69 Å². The minimum absolute atomic E-state index is 0.125. The van der Waals surface area contributed by atoms with Gasteiger partial charge in [0.15, 0.2) is 0 Å². The standard InChI is InChI=1S/C9H9BrCl2FNO/c10-9-7(12)1-5(2-8(9)13)14-4-6(15)3-11/h1-2,6,14-15H,3-4H2. The van der Waals surface area contributed by atoms with Crippen LogP contribution in [0.1, 0.15) is 0 Å². The smallest absolute Gasteiger partial charge is 0.140 e. The predicted molar refractivity (Wildman–Crippen MR) is 64.3 cm³/mol. The Balaban J connectivity index is 2.70. The second-order valence-electron chi connectivity index (χ2n) is 2.94. The summed E-state index contributed by atoms with van der Waals surface area (Å²) in [6.07, 6.45) is -0.669. The largest absolute Gasteiger partial charge is 0.390 e. The molecule has 1 aromatic rings. The van der Waals surface area contributed by atoms with Gasteiger partial charge < -0.3 is 10.4 Å². The van der Waals surface area contributed by atoms with Crippen molar-refractivity contribution in [3.8, 4) is 0 Å². The molecule has 0 aliphatic carbocycles. The lowest BCUT2D eigenvalue weighted by Gasteiger charge is -2.11. The lowest BCUT2D eigenvalue weighted by Crippen LogP contribution is -2.20. The highest BCUT2D eigenvalue weighted by Gasteiger charge is 2.07. The Kier molecular flexibility index (Phi) is 5.12. The molecule has 0 aliphatic rings. The SMILES string of the molecule is OC(CCl)CNc1cc(F)c(Br)c(Cl)c1. The maximum atomic E-state index is 13.2. The van der Waals surface area contributed by atoms with Crippen LogP contribution in [0.5, 0.6) is 0 Å². The van der Waals surface area contributed by atoms with Crippen molar-refractivity contribution >= 4 is 44.8 Å². The average Bonchev–Trinajstić information content (AvgIpc) is 2.22. The third kappa shape index (κ3) is 3.79. The molecule has 1 rings (SSSR count). The summed E-state index contributed by atoms with van der Waals surface area (Å²) in [7, 11) is 0. The van der Waals surface area contributed by atoms with Gasteiger partial charge in [0.25, 0.3) is 0 Å². The van der Waals surface area contributed by atoms with Crippen LogP contribution in [0.2, 0.25) is 5.02 Å². The van der Waals surface area contributed by atoms with E-state index >= 15 is 0 Å². The van der Waals surface area contributed by atoms with E-state index < -0.39 is 11.9 Å². The molecule has 1 aromatic carbocycles. The molecule has 15 heavy (non-hydrogen) atoms. The highest BCUT2D eigenvalue weighted by atomic mass is 79.9. The number of anilines is 1. The van der Waals surface area contributed by atoms with Gasteiger partial charge in [0.2, 0.25) is 0 Å². The van der Waals surface area contributed by atoms with E-state index in [9.17, 15) is 9.50 Å². The molecule has 0 spiro atoms. The summed E-state index contributed by atoms with van der Waals surface area (Å²) in [4.78, 5) is 0. The van der Waals surface area contributed by atoms with Crippen molar-refractivity contribution in [2.24, 2.45) is 0 Å². The third-order valence-electron chi connectivity index (χ3n) is 1.70. The number of hydrogen-bond donors (Lipinski definition) is 2. The van der Waals surface area contributed by atoms with Crippen molar-refractivity contribution < 1.29 is 9.50 Å². The fraction of sp³-hybridized carbons (Fsp3) is 0.333. The molecule has 0 aromatic heterocycles. The van der Waals surface area contributed by atoms with Crippen LogP contribution in [0.4, 0.5) is 10.1 Å². The zero-order valence-electron chi connectivity index (χ0n) is 7.61. The van der Waals surface area contributed by atoms with E-state index in [-0.39, 0.29) is 21.9 Å². The topological polar surface area (TPSA) is 32.3 Å². The normalized spacial score (nSPS) is 12.6. The summed E-state index contributed by atoms with van der Waals surface area (Å²) < 4.78 is 13.4. The van der Waals surface area contributed by atoms with Crippen LogP contribution in [0.3, 0.4) is 0 Å². The molecule has 0 amide bonds. The molecule has 0 radical (unpaired) electrons. The van der Waals surface area contributed by atoms with Gasteiger partial charge in [0.05, 0.1) is 21.5 Å². The maximum Gasteiger partial charge on any atom is 0.140 e. The quantitative estimate of drug-likeness (QED) is 0.660. The minimum atomic E-state index is -0.669. The molecular weight excluding hydrogens is 308 g/mol. The van der Waals surface area contributed by atoms with Crippen molar-refractivity contribution in [1.29, 1.82) is 0 Å². The molecule has 6 heteroatoms. The van der Waals surface area contributed by atoms with Gasteiger partial charge in [-0.3, -0.25) is 0 Å².